The van der Waals surface area contributed by atoms with Gasteiger partial charge in [-0.2, -0.15) is 0 Å². The van der Waals surface area contributed by atoms with Crippen molar-refractivity contribution in [1.29, 1.82) is 0 Å². The number of thiazole rings is 1. The normalized spacial score (nSPS) is 19.3. The number of methoxy groups -OCH3 is 1. The average Bonchev–Trinajstić information content (AvgIpc) is 3.43. The first-order chi connectivity index (χ1) is 20.6. The molecule has 0 spiro atoms. The first-order valence-electron chi connectivity index (χ1n) is 12.7. The number of carbonyl (C=O) groups is 3. The molecular formula is C29H19Cl4N3O5S2. The summed E-state index contributed by atoms with van der Waals surface area (Å²) in [6.45, 7) is -0.338. The number of hydrogen-bond acceptors (Lipinski definition) is 7. The van der Waals surface area contributed by atoms with Crippen molar-refractivity contribution in [3.05, 3.63) is 101 Å². The summed E-state index contributed by atoms with van der Waals surface area (Å²) in [6, 6.07) is 16.3. The van der Waals surface area contributed by atoms with Gasteiger partial charge in [-0.3, -0.25) is 23.7 Å². The van der Waals surface area contributed by atoms with Gasteiger partial charge in [-0.05, 0) is 54.1 Å². The number of amides is 3. The molecule has 3 atom stereocenters. The summed E-state index contributed by atoms with van der Waals surface area (Å²) in [7, 11) is 1.52. The highest BCUT2D eigenvalue weighted by atomic mass is 35.5. The van der Waals surface area contributed by atoms with Crippen molar-refractivity contribution in [2.75, 3.05) is 17.3 Å². The van der Waals surface area contributed by atoms with Crippen molar-refractivity contribution in [1.82, 2.24) is 4.57 Å². The molecule has 3 aromatic carbocycles. The van der Waals surface area contributed by atoms with E-state index in [0.29, 0.717) is 37.6 Å². The molecule has 4 aromatic rings. The number of thioether (sulfide) groups is 1. The number of carbonyl (C=O) groups excluding carboxylic acids is 3. The van der Waals surface area contributed by atoms with Crippen molar-refractivity contribution in [2.45, 2.75) is 22.7 Å². The van der Waals surface area contributed by atoms with Crippen LogP contribution in [0.25, 0.3) is 0 Å². The Morgan fingerprint density at radius 1 is 0.930 bits per heavy atom. The van der Waals surface area contributed by atoms with Crippen molar-refractivity contribution >= 4 is 98.6 Å². The highest BCUT2D eigenvalue weighted by Crippen LogP contribution is 2.55. The zero-order chi connectivity index (χ0) is 30.6. The first kappa shape index (κ1) is 30.1. The fraction of sp³-hybridized carbons (Fsp3) is 0.172. The Hall–Kier alpha value is -2.99. The Kier molecular flexibility index (Phi) is 8.27. The summed E-state index contributed by atoms with van der Waals surface area (Å²) in [6.07, 6.45) is 0. The molecule has 43 heavy (non-hydrogen) atoms. The number of ether oxygens (including phenoxy) is 1. The summed E-state index contributed by atoms with van der Waals surface area (Å²) in [4.78, 5) is 55.6. The van der Waals surface area contributed by atoms with Crippen LogP contribution in [0.3, 0.4) is 0 Å². The minimum atomic E-state index is -0.888. The molecule has 2 aliphatic heterocycles. The minimum absolute atomic E-state index is 0.221. The van der Waals surface area contributed by atoms with E-state index in [-0.39, 0.29) is 21.6 Å². The van der Waals surface area contributed by atoms with E-state index in [1.54, 1.807) is 54.6 Å². The summed E-state index contributed by atoms with van der Waals surface area (Å²) < 4.78 is 6.53. The SMILES string of the molecule is COc1ccc(N2C(=O)[C@H]3[C@H](c4cccc(Cl)c4Cl)c4sc(=O)n(CC(=O)Nc5ccc(Cl)c(Cl)c5)c4S[C@H]3C2=O)cc1. The van der Waals surface area contributed by atoms with Crippen molar-refractivity contribution in [3.63, 3.8) is 0 Å². The zero-order valence-corrected chi connectivity index (χ0v) is 26.6. The van der Waals surface area contributed by atoms with Crippen LogP contribution >= 0.6 is 69.5 Å². The van der Waals surface area contributed by atoms with Gasteiger partial charge in [-0.1, -0.05) is 81.6 Å². The van der Waals surface area contributed by atoms with Gasteiger partial charge in [0.1, 0.15) is 17.5 Å². The van der Waals surface area contributed by atoms with Crippen LogP contribution in [-0.4, -0.2) is 34.6 Å². The number of rotatable bonds is 6. The van der Waals surface area contributed by atoms with Crippen molar-refractivity contribution in [2.24, 2.45) is 5.92 Å². The fourth-order valence-corrected chi connectivity index (χ4v) is 8.74. The molecule has 1 aromatic heterocycles. The molecule has 3 amide bonds. The highest BCUT2D eigenvalue weighted by molar-refractivity contribution is 8.00. The van der Waals surface area contributed by atoms with Crippen LogP contribution in [0, 0.1) is 5.92 Å². The van der Waals surface area contributed by atoms with Gasteiger partial charge < -0.3 is 10.1 Å². The quantitative estimate of drug-likeness (QED) is 0.219. The van der Waals surface area contributed by atoms with Crippen molar-refractivity contribution in [3.8, 4) is 5.75 Å². The van der Waals surface area contributed by atoms with E-state index in [0.717, 1.165) is 28.0 Å². The molecule has 8 nitrogen and oxygen atoms in total. The van der Waals surface area contributed by atoms with E-state index in [4.69, 9.17) is 51.1 Å². The van der Waals surface area contributed by atoms with Gasteiger partial charge in [0.05, 0.1) is 43.8 Å². The smallest absolute Gasteiger partial charge is 0.308 e. The van der Waals surface area contributed by atoms with Gasteiger partial charge in [0.25, 0.3) is 0 Å². The van der Waals surface area contributed by atoms with E-state index in [2.05, 4.69) is 5.32 Å². The third-order valence-electron chi connectivity index (χ3n) is 7.20. The van der Waals surface area contributed by atoms with Gasteiger partial charge in [0, 0.05) is 16.5 Å². The molecule has 6 rings (SSSR count). The summed E-state index contributed by atoms with van der Waals surface area (Å²) in [5.74, 6) is -2.42. The zero-order valence-electron chi connectivity index (χ0n) is 22.0. The number of anilines is 2. The van der Waals surface area contributed by atoms with Crippen LogP contribution < -0.4 is 19.8 Å². The monoisotopic (exact) mass is 693 g/mol. The molecule has 220 valence electrons. The molecule has 14 heteroatoms. The fourth-order valence-electron chi connectivity index (χ4n) is 5.25. The van der Waals surface area contributed by atoms with Gasteiger partial charge in [-0.15, -0.1) is 0 Å². The molecule has 0 bridgehead atoms. The third kappa shape index (κ3) is 5.34. The lowest BCUT2D eigenvalue weighted by Crippen LogP contribution is -2.33. The number of benzene rings is 3. The topological polar surface area (TPSA) is 97.7 Å². The van der Waals surface area contributed by atoms with E-state index in [1.807, 2.05) is 0 Å². The largest absolute Gasteiger partial charge is 0.497 e. The van der Waals surface area contributed by atoms with Crippen LogP contribution in [0.15, 0.2) is 70.5 Å². The molecule has 1 N–H and O–H groups in total. The van der Waals surface area contributed by atoms with E-state index in [9.17, 15) is 19.2 Å². The Labute approximate surface area is 273 Å². The van der Waals surface area contributed by atoms with Crippen molar-refractivity contribution < 1.29 is 19.1 Å². The van der Waals surface area contributed by atoms with Gasteiger partial charge in [-0.25, -0.2) is 4.90 Å². The number of nitrogens with one attached hydrogen (secondary N) is 1. The molecule has 0 unspecified atom stereocenters. The maximum absolute atomic E-state index is 14.0. The van der Waals surface area contributed by atoms with Crippen LogP contribution in [0.1, 0.15) is 16.4 Å². The Balaban J connectivity index is 1.42. The first-order valence-corrected chi connectivity index (χ1v) is 15.9. The summed E-state index contributed by atoms with van der Waals surface area (Å²) in [5, 5.41) is 3.33. The van der Waals surface area contributed by atoms with Crippen LogP contribution in [0.2, 0.25) is 20.1 Å². The molecule has 0 radical (unpaired) electrons. The maximum Gasteiger partial charge on any atom is 0.308 e. The molecule has 0 aliphatic carbocycles. The highest BCUT2D eigenvalue weighted by Gasteiger charge is 2.57. The second kappa shape index (κ2) is 11.8. The lowest BCUT2D eigenvalue weighted by atomic mass is 9.83. The maximum atomic E-state index is 14.0. The standard InChI is InChI=1S/C29H19Cl4N3O5S2/c1-41-15-8-6-14(7-9-15)36-26(38)22-21(16-3-2-4-18(31)23(16)33)25-28(42-24(22)27(36)39)35(29(40)43-25)12-20(37)34-13-5-10-17(30)19(32)11-13/h2-11,21-22,24H,12H2,1H3,(H,34,37)/t21-,22-,24+/m0/s1. The molecule has 3 heterocycles. The van der Waals surface area contributed by atoms with Crippen LogP contribution in [0.5, 0.6) is 5.75 Å². The number of imide groups is 1. The number of hydrogen-bond donors (Lipinski definition) is 1. The van der Waals surface area contributed by atoms with Gasteiger partial charge >= 0.3 is 4.87 Å². The predicted octanol–water partition coefficient (Wildman–Crippen LogP) is 6.97. The predicted molar refractivity (Wildman–Crippen MR) is 171 cm³/mol. The van der Waals surface area contributed by atoms with Gasteiger partial charge in [0.2, 0.25) is 17.7 Å². The Morgan fingerprint density at radius 2 is 1.67 bits per heavy atom. The second-order valence-corrected chi connectivity index (χ2v) is 13.4. The van der Waals surface area contributed by atoms with E-state index < -0.39 is 39.7 Å². The summed E-state index contributed by atoms with van der Waals surface area (Å²) >= 11 is 27.1. The minimum Gasteiger partial charge on any atom is -0.497 e. The van der Waals surface area contributed by atoms with Crippen LogP contribution in [-0.2, 0) is 20.9 Å². The average molecular weight is 695 g/mol. The second-order valence-electron chi connectivity index (χ2n) is 9.70. The lowest BCUT2D eigenvalue weighted by molar-refractivity contribution is -0.122. The Bertz CT molecular complexity index is 1860. The molecule has 1 saturated heterocycles. The molecular weight excluding hydrogens is 676 g/mol. The molecule has 2 aliphatic rings. The number of aromatic nitrogens is 1. The summed E-state index contributed by atoms with van der Waals surface area (Å²) in [5.41, 5.74) is 1.31. The molecule has 1 fully saturated rings. The number of halogens is 4. The lowest BCUT2D eigenvalue weighted by Gasteiger charge is -2.31. The van der Waals surface area contributed by atoms with Gasteiger partial charge in [0.15, 0.2) is 0 Å². The van der Waals surface area contributed by atoms with Crippen LogP contribution in [0.4, 0.5) is 11.4 Å². The number of fused-ring (bicyclic) bond motifs is 2. The van der Waals surface area contributed by atoms with E-state index >= 15 is 0 Å². The van der Waals surface area contributed by atoms with E-state index in [1.165, 1.54) is 17.7 Å². The third-order valence-corrected chi connectivity index (χ3v) is 11.4. The number of nitrogens with zero attached hydrogens (tertiary/aromatic N) is 2. The Morgan fingerprint density at radius 3 is 2.37 bits per heavy atom. The molecule has 0 saturated carbocycles.